The second kappa shape index (κ2) is 9.98. The van der Waals surface area contributed by atoms with Gasteiger partial charge in [-0.3, -0.25) is 4.99 Å². The van der Waals surface area contributed by atoms with Crippen molar-refractivity contribution < 1.29 is 4.39 Å². The Morgan fingerprint density at radius 2 is 2.05 bits per heavy atom. The molecule has 0 bridgehead atoms. The van der Waals surface area contributed by atoms with Crippen LogP contribution in [-0.4, -0.2) is 19.3 Å². The zero-order valence-electron chi connectivity index (χ0n) is 22.1. The molecule has 4 aliphatic rings. The van der Waals surface area contributed by atoms with Crippen LogP contribution in [0.3, 0.4) is 0 Å². The van der Waals surface area contributed by atoms with Gasteiger partial charge in [0.25, 0.3) is 0 Å². The molecule has 0 aromatic heterocycles. The number of nitrogens with zero attached hydrogens (tertiary/aromatic N) is 3. The van der Waals surface area contributed by atoms with Gasteiger partial charge < -0.3 is 4.90 Å². The normalized spacial score (nSPS) is 20.8. The van der Waals surface area contributed by atoms with E-state index < -0.39 is 0 Å². The quantitative estimate of drug-likeness (QED) is 0.438. The lowest BCUT2D eigenvalue weighted by Crippen LogP contribution is -2.27. The highest BCUT2D eigenvalue weighted by molar-refractivity contribution is 5.89. The summed E-state index contributed by atoms with van der Waals surface area (Å²) in [6.45, 7) is 16.3. The molecule has 2 heterocycles. The molecule has 2 aliphatic carbocycles. The average molecular weight is 492 g/mol. The van der Waals surface area contributed by atoms with E-state index in [9.17, 15) is 5.26 Å². The van der Waals surface area contributed by atoms with Crippen molar-refractivity contribution in [1.29, 1.82) is 5.26 Å². The number of halogens is 1. The minimum atomic E-state index is -0.182. The largest absolute Gasteiger partial charge is 0.368 e. The first-order valence-electron chi connectivity index (χ1n) is 13.3. The molecule has 3 nitrogen and oxygen atoms in total. The highest BCUT2D eigenvalue weighted by Gasteiger charge is 2.37. The number of rotatable bonds is 3. The summed E-state index contributed by atoms with van der Waals surface area (Å²) in [7, 11) is 0. The first kappa shape index (κ1) is 25.0. The number of anilines is 1. The van der Waals surface area contributed by atoms with Crippen LogP contribution >= 0.6 is 0 Å². The molecule has 1 fully saturated rings. The van der Waals surface area contributed by atoms with Crippen LogP contribution in [0.2, 0.25) is 0 Å². The van der Waals surface area contributed by atoms with Gasteiger partial charge in [0.1, 0.15) is 5.82 Å². The molecule has 0 amide bonds. The number of allylic oxidation sites excluding steroid dienone is 5. The Morgan fingerprint density at radius 1 is 1.27 bits per heavy atom. The molecule has 2 aromatic rings. The number of fused-ring (bicyclic) bond motifs is 2. The van der Waals surface area contributed by atoms with E-state index in [2.05, 4.69) is 55.1 Å². The SMILES string of the molecule is C=C(C)C1=CC2c3cc(C#N)ccc3Cc3c2c(cc(F)c3N2CCC(C3=CCC=N3)C2)C1=C.CCC. The Bertz CT molecular complexity index is 1430. The first-order chi connectivity index (χ1) is 17.9. The molecule has 188 valence electrons. The highest BCUT2D eigenvalue weighted by Crippen LogP contribution is 2.51. The van der Waals surface area contributed by atoms with Crippen LogP contribution in [0.25, 0.3) is 5.57 Å². The lowest BCUT2D eigenvalue weighted by Gasteiger charge is -2.37. The second-order valence-corrected chi connectivity index (χ2v) is 10.5. The number of benzene rings is 2. The van der Waals surface area contributed by atoms with Crippen molar-refractivity contribution in [3.63, 3.8) is 0 Å². The van der Waals surface area contributed by atoms with E-state index in [1.807, 2.05) is 31.3 Å². The molecular formula is C33H34FN3. The van der Waals surface area contributed by atoms with Crippen molar-refractivity contribution >= 4 is 17.5 Å². The Balaban J connectivity index is 0.000000892. The fraction of sp³-hybridized carbons (Fsp3) is 0.333. The molecule has 2 aromatic carbocycles. The Labute approximate surface area is 220 Å². The maximum atomic E-state index is 15.9. The molecule has 2 unspecified atom stereocenters. The van der Waals surface area contributed by atoms with Crippen molar-refractivity contribution in [3.05, 3.63) is 106 Å². The van der Waals surface area contributed by atoms with E-state index in [1.54, 1.807) is 6.07 Å². The fourth-order valence-corrected chi connectivity index (χ4v) is 6.14. The van der Waals surface area contributed by atoms with E-state index in [0.29, 0.717) is 17.9 Å². The predicted molar refractivity (Wildman–Crippen MR) is 152 cm³/mol. The van der Waals surface area contributed by atoms with Crippen LogP contribution in [0.4, 0.5) is 10.1 Å². The van der Waals surface area contributed by atoms with Gasteiger partial charge in [0.2, 0.25) is 0 Å². The molecule has 2 aliphatic heterocycles. The van der Waals surface area contributed by atoms with Gasteiger partial charge >= 0.3 is 0 Å². The number of nitriles is 1. The molecule has 0 N–H and O–H groups in total. The van der Waals surface area contributed by atoms with E-state index in [4.69, 9.17) is 0 Å². The summed E-state index contributed by atoms with van der Waals surface area (Å²) in [5, 5.41) is 9.52. The van der Waals surface area contributed by atoms with Crippen LogP contribution in [-0.2, 0) is 6.42 Å². The van der Waals surface area contributed by atoms with E-state index >= 15 is 4.39 Å². The smallest absolute Gasteiger partial charge is 0.147 e. The van der Waals surface area contributed by atoms with Crippen molar-refractivity contribution in [2.24, 2.45) is 10.9 Å². The molecule has 2 atom stereocenters. The van der Waals surface area contributed by atoms with Crippen molar-refractivity contribution in [1.82, 2.24) is 0 Å². The summed E-state index contributed by atoms with van der Waals surface area (Å²) in [5.41, 5.74) is 10.6. The third kappa shape index (κ3) is 4.27. The summed E-state index contributed by atoms with van der Waals surface area (Å²) in [5.74, 6) is 0.119. The standard InChI is InChI=1S/C30H26FN3.C3H8/c1-17(2)22-13-25-24-11-19(15-32)6-7-20(24)12-26-29(25)23(18(22)3)14-27(31)30(26)34-10-8-21(16-34)28-5-4-9-33-28;1-3-2/h5-7,9,11,13-14,21,25H,1,3-4,8,10,12,16H2,2H3;3H2,1-2H3. The van der Waals surface area contributed by atoms with Crippen molar-refractivity contribution in [3.8, 4) is 6.07 Å². The summed E-state index contributed by atoms with van der Waals surface area (Å²) in [6.07, 6.45) is 10.1. The molecule has 0 spiro atoms. The van der Waals surface area contributed by atoms with Crippen LogP contribution in [0.15, 0.2) is 71.4 Å². The highest BCUT2D eigenvalue weighted by atomic mass is 19.1. The van der Waals surface area contributed by atoms with Gasteiger partial charge in [-0.25, -0.2) is 4.39 Å². The van der Waals surface area contributed by atoms with Crippen LogP contribution in [0, 0.1) is 23.1 Å². The minimum Gasteiger partial charge on any atom is -0.368 e. The van der Waals surface area contributed by atoms with Gasteiger partial charge in [-0.1, -0.05) is 57.2 Å². The monoisotopic (exact) mass is 491 g/mol. The van der Waals surface area contributed by atoms with Gasteiger partial charge in [-0.05, 0) is 70.5 Å². The van der Waals surface area contributed by atoms with Gasteiger partial charge in [0.05, 0.1) is 17.3 Å². The lowest BCUT2D eigenvalue weighted by atomic mass is 9.69. The van der Waals surface area contributed by atoms with E-state index in [-0.39, 0.29) is 11.7 Å². The van der Waals surface area contributed by atoms with Crippen LogP contribution in [0.1, 0.15) is 79.3 Å². The van der Waals surface area contributed by atoms with Crippen LogP contribution < -0.4 is 4.90 Å². The van der Waals surface area contributed by atoms with Crippen LogP contribution in [0.5, 0.6) is 0 Å². The third-order valence-corrected chi connectivity index (χ3v) is 7.73. The summed E-state index contributed by atoms with van der Waals surface area (Å²) in [4.78, 5) is 6.77. The summed E-state index contributed by atoms with van der Waals surface area (Å²) < 4.78 is 15.9. The summed E-state index contributed by atoms with van der Waals surface area (Å²) >= 11 is 0. The molecule has 37 heavy (non-hydrogen) atoms. The Hall–Kier alpha value is -3.71. The third-order valence-electron chi connectivity index (χ3n) is 7.73. The number of hydrogen-bond acceptors (Lipinski definition) is 3. The zero-order chi connectivity index (χ0) is 26.3. The Kier molecular flexibility index (Phi) is 6.73. The lowest BCUT2D eigenvalue weighted by molar-refractivity contribution is 0.615. The first-order valence-corrected chi connectivity index (χ1v) is 13.3. The maximum Gasteiger partial charge on any atom is 0.147 e. The molecule has 1 saturated heterocycles. The predicted octanol–water partition coefficient (Wildman–Crippen LogP) is 7.86. The Morgan fingerprint density at radius 3 is 2.73 bits per heavy atom. The molecule has 6 rings (SSSR count). The van der Waals surface area contributed by atoms with Gasteiger partial charge in [-0.15, -0.1) is 0 Å². The minimum absolute atomic E-state index is 0.0425. The van der Waals surface area contributed by atoms with Crippen molar-refractivity contribution in [2.45, 2.75) is 52.4 Å². The molecule has 0 radical (unpaired) electrons. The molecular weight excluding hydrogens is 457 g/mol. The fourth-order valence-electron chi connectivity index (χ4n) is 6.14. The number of aliphatic imine (C=N–C) groups is 1. The zero-order valence-corrected chi connectivity index (χ0v) is 22.1. The average Bonchev–Trinajstić information content (AvgIpc) is 3.58. The summed E-state index contributed by atoms with van der Waals surface area (Å²) in [6, 6.07) is 9.85. The van der Waals surface area contributed by atoms with Gasteiger partial charge in [0.15, 0.2) is 0 Å². The molecule has 4 heteroatoms. The molecule has 0 saturated carbocycles. The second-order valence-electron chi connectivity index (χ2n) is 10.5. The number of hydrogen-bond donors (Lipinski definition) is 0. The van der Waals surface area contributed by atoms with E-state index in [1.165, 1.54) is 6.42 Å². The van der Waals surface area contributed by atoms with Gasteiger partial charge in [-0.2, -0.15) is 5.26 Å². The van der Waals surface area contributed by atoms with E-state index in [0.717, 1.165) is 81.9 Å². The topological polar surface area (TPSA) is 39.4 Å². The van der Waals surface area contributed by atoms with Crippen molar-refractivity contribution in [2.75, 3.05) is 18.0 Å². The maximum absolute atomic E-state index is 15.9. The van der Waals surface area contributed by atoms with Gasteiger partial charge in [0, 0.05) is 49.7 Å².